The molecule has 0 aromatic rings. The summed E-state index contributed by atoms with van der Waals surface area (Å²) >= 11 is 0. The van der Waals surface area contributed by atoms with E-state index in [0.29, 0.717) is 0 Å². The lowest BCUT2D eigenvalue weighted by Gasteiger charge is -2.41. The van der Waals surface area contributed by atoms with Gasteiger partial charge in [0.05, 0.1) is 12.7 Å². The number of imide groups is 1. The Bertz CT molecular complexity index is 747. The molecule has 0 aromatic carbocycles. The first kappa shape index (κ1) is 27.3. The van der Waals surface area contributed by atoms with Gasteiger partial charge in [-0.2, -0.15) is 0 Å². The smallest absolute Gasteiger partial charge is 0.226 e. The Morgan fingerprint density at radius 1 is 1.18 bits per heavy atom. The molecule has 2 fully saturated rings. The van der Waals surface area contributed by atoms with E-state index in [-0.39, 0.29) is 37.4 Å². The number of carbonyl (C=O) groups excluding carboxylic acids is 3. The van der Waals surface area contributed by atoms with E-state index in [1.807, 2.05) is 32.1 Å². The highest BCUT2D eigenvalue weighted by Crippen LogP contribution is 2.28. The summed E-state index contributed by atoms with van der Waals surface area (Å²) in [4.78, 5) is 36.4. The zero-order valence-corrected chi connectivity index (χ0v) is 19.2. The van der Waals surface area contributed by atoms with Gasteiger partial charge in [0.15, 0.2) is 6.29 Å². The number of aliphatic hydroxyl groups is 4. The Balaban J connectivity index is 2.17. The highest BCUT2D eigenvalue weighted by atomic mass is 16.7. The van der Waals surface area contributed by atoms with Crippen LogP contribution >= 0.6 is 0 Å². The summed E-state index contributed by atoms with van der Waals surface area (Å²) in [6, 6.07) is 0. The Kier molecular flexibility index (Phi) is 10.3. The molecule has 0 spiro atoms. The number of carbonyl (C=O) groups is 3. The maximum absolute atomic E-state index is 12.9. The van der Waals surface area contributed by atoms with E-state index in [1.54, 1.807) is 6.92 Å². The number of amides is 2. The third kappa shape index (κ3) is 7.80. The molecule has 2 aliphatic rings. The molecule has 2 heterocycles. The van der Waals surface area contributed by atoms with Gasteiger partial charge in [0, 0.05) is 25.2 Å². The van der Waals surface area contributed by atoms with Gasteiger partial charge in [-0.3, -0.25) is 19.7 Å². The van der Waals surface area contributed by atoms with E-state index < -0.39 is 61.1 Å². The van der Waals surface area contributed by atoms with Crippen molar-refractivity contribution in [3.8, 4) is 0 Å². The van der Waals surface area contributed by atoms with Crippen LogP contribution in [0.2, 0.25) is 0 Å². The molecule has 2 saturated heterocycles. The molecule has 7 unspecified atom stereocenters. The Hall–Kier alpha value is -1.95. The van der Waals surface area contributed by atoms with Gasteiger partial charge in [-0.05, 0) is 26.2 Å². The van der Waals surface area contributed by atoms with Crippen molar-refractivity contribution in [2.24, 2.45) is 11.8 Å². The molecule has 0 radical (unpaired) electrons. The largest absolute Gasteiger partial charge is 0.394 e. The summed E-state index contributed by atoms with van der Waals surface area (Å²) in [7, 11) is 0. The number of nitrogens with one attached hydrogen (secondary N) is 1. The first-order chi connectivity index (χ1) is 15.5. The highest BCUT2D eigenvalue weighted by molar-refractivity contribution is 5.97. The summed E-state index contributed by atoms with van der Waals surface area (Å²) in [5.74, 6) is -1.78. The van der Waals surface area contributed by atoms with Gasteiger partial charge >= 0.3 is 0 Å². The van der Waals surface area contributed by atoms with Crippen LogP contribution in [0.25, 0.3) is 0 Å². The second kappa shape index (κ2) is 12.5. The number of ketones is 1. The molecular weight excluding hydrogens is 434 g/mol. The average Bonchev–Trinajstić information content (AvgIpc) is 2.73. The molecule has 2 rings (SSSR count). The molecular formula is C23H35NO9. The topological polar surface area (TPSA) is 163 Å². The summed E-state index contributed by atoms with van der Waals surface area (Å²) in [5, 5.41) is 42.0. The van der Waals surface area contributed by atoms with Crippen LogP contribution < -0.4 is 5.32 Å². The molecule has 2 aliphatic heterocycles. The Morgan fingerprint density at radius 2 is 1.82 bits per heavy atom. The van der Waals surface area contributed by atoms with Crippen molar-refractivity contribution in [3.63, 3.8) is 0 Å². The third-order valence-corrected chi connectivity index (χ3v) is 5.88. The number of aliphatic hydroxyl groups excluding tert-OH is 4. The van der Waals surface area contributed by atoms with Gasteiger partial charge in [-0.15, -0.1) is 0 Å². The minimum absolute atomic E-state index is 0.0812. The van der Waals surface area contributed by atoms with E-state index in [0.717, 1.165) is 5.57 Å². The first-order valence-electron chi connectivity index (χ1n) is 11.2. The van der Waals surface area contributed by atoms with E-state index >= 15 is 0 Å². The normalized spacial score (nSPS) is 31.5. The number of hydrogen-bond donors (Lipinski definition) is 5. The second-order valence-corrected chi connectivity index (χ2v) is 8.81. The molecule has 33 heavy (non-hydrogen) atoms. The van der Waals surface area contributed by atoms with Crippen LogP contribution in [0, 0.1) is 11.8 Å². The number of Topliss-reactive ketones (excluding diaryl/α,β-unsaturated/α-hetero) is 1. The summed E-state index contributed by atoms with van der Waals surface area (Å²) in [6.45, 7) is 4.88. The standard InChI is InChI=1S/C23H35NO9/c1-4-5-12(2)6-13(3)16(26)10-15(7-14-8-18(27)24-19(28)9-14)32-23-22(31)21(30)20(29)17(11-25)33-23/h4-6,13-15,17,20-23,25,29-31H,7-11H2,1-3H3,(H,24,27,28). The van der Waals surface area contributed by atoms with Gasteiger partial charge in [-0.1, -0.05) is 30.7 Å². The molecule has 10 heteroatoms. The highest BCUT2D eigenvalue weighted by Gasteiger charge is 2.45. The third-order valence-electron chi connectivity index (χ3n) is 5.88. The van der Waals surface area contributed by atoms with Crippen LogP contribution in [0.3, 0.4) is 0 Å². The second-order valence-electron chi connectivity index (χ2n) is 8.81. The summed E-state index contributed by atoms with van der Waals surface area (Å²) in [5.41, 5.74) is 0.916. The van der Waals surface area contributed by atoms with Crippen LogP contribution in [0.1, 0.15) is 46.5 Å². The van der Waals surface area contributed by atoms with Crippen molar-refractivity contribution < 1.29 is 44.3 Å². The summed E-state index contributed by atoms with van der Waals surface area (Å²) in [6.07, 6.45) is -2.37. The summed E-state index contributed by atoms with van der Waals surface area (Å²) < 4.78 is 11.3. The molecule has 0 bridgehead atoms. The number of ether oxygens (including phenoxy) is 2. The lowest BCUT2D eigenvalue weighted by Crippen LogP contribution is -2.59. The molecule has 5 N–H and O–H groups in total. The predicted molar refractivity (Wildman–Crippen MR) is 116 cm³/mol. The van der Waals surface area contributed by atoms with E-state index in [9.17, 15) is 34.8 Å². The Morgan fingerprint density at radius 3 is 2.39 bits per heavy atom. The van der Waals surface area contributed by atoms with Crippen LogP contribution in [-0.4, -0.2) is 81.4 Å². The van der Waals surface area contributed by atoms with Crippen molar-refractivity contribution in [2.75, 3.05) is 6.61 Å². The molecule has 186 valence electrons. The number of piperidine rings is 1. The van der Waals surface area contributed by atoms with Gasteiger partial charge < -0.3 is 29.9 Å². The lowest BCUT2D eigenvalue weighted by molar-refractivity contribution is -0.312. The zero-order valence-electron chi connectivity index (χ0n) is 19.2. The zero-order chi connectivity index (χ0) is 24.7. The molecule has 10 nitrogen and oxygen atoms in total. The van der Waals surface area contributed by atoms with Crippen LogP contribution in [0.4, 0.5) is 0 Å². The van der Waals surface area contributed by atoms with Crippen molar-refractivity contribution in [1.29, 1.82) is 0 Å². The number of rotatable bonds is 10. The molecule has 0 saturated carbocycles. The van der Waals surface area contributed by atoms with E-state index in [2.05, 4.69) is 5.32 Å². The minimum Gasteiger partial charge on any atom is -0.394 e. The van der Waals surface area contributed by atoms with Gasteiger partial charge in [0.25, 0.3) is 0 Å². The maximum Gasteiger partial charge on any atom is 0.226 e. The molecule has 2 amide bonds. The van der Waals surface area contributed by atoms with Gasteiger partial charge in [0.2, 0.25) is 11.8 Å². The molecule has 0 aromatic heterocycles. The lowest BCUT2D eigenvalue weighted by atomic mass is 9.88. The fourth-order valence-electron chi connectivity index (χ4n) is 4.17. The van der Waals surface area contributed by atoms with Crippen molar-refractivity contribution >= 4 is 17.6 Å². The predicted octanol–water partition coefficient (Wildman–Crippen LogP) is -0.268. The van der Waals surface area contributed by atoms with Crippen LogP contribution in [-0.2, 0) is 23.9 Å². The fraction of sp³-hybridized carbons (Fsp3) is 0.696. The van der Waals surface area contributed by atoms with E-state index in [1.165, 1.54) is 0 Å². The minimum atomic E-state index is -1.62. The van der Waals surface area contributed by atoms with Crippen LogP contribution in [0.5, 0.6) is 0 Å². The van der Waals surface area contributed by atoms with E-state index in [4.69, 9.17) is 9.47 Å². The van der Waals surface area contributed by atoms with Gasteiger partial charge in [0.1, 0.15) is 30.2 Å². The average molecular weight is 470 g/mol. The van der Waals surface area contributed by atoms with Crippen molar-refractivity contribution in [2.45, 2.75) is 83.3 Å². The SMILES string of the molecule is CC=CC(C)=CC(C)C(=O)CC(CC1CC(=O)NC(=O)C1)OC1OC(CO)C(O)C(O)C1O. The monoisotopic (exact) mass is 469 g/mol. The first-order valence-corrected chi connectivity index (χ1v) is 11.2. The Labute approximate surface area is 193 Å². The van der Waals surface area contributed by atoms with Crippen molar-refractivity contribution in [3.05, 3.63) is 23.8 Å². The molecule has 0 aliphatic carbocycles. The van der Waals surface area contributed by atoms with Crippen LogP contribution in [0.15, 0.2) is 23.8 Å². The van der Waals surface area contributed by atoms with Crippen molar-refractivity contribution in [1.82, 2.24) is 5.32 Å². The number of allylic oxidation sites excluding steroid dienone is 4. The van der Waals surface area contributed by atoms with Gasteiger partial charge in [-0.25, -0.2) is 0 Å². The maximum atomic E-state index is 12.9. The fourth-order valence-corrected chi connectivity index (χ4v) is 4.17. The number of hydrogen-bond acceptors (Lipinski definition) is 9. The quantitative estimate of drug-likeness (QED) is 0.214. The molecule has 7 atom stereocenters.